The Kier molecular flexibility index (Phi) is 8.67. The van der Waals surface area contributed by atoms with Crippen molar-refractivity contribution >= 4 is 34.8 Å². The van der Waals surface area contributed by atoms with E-state index in [1.807, 2.05) is 37.4 Å². The van der Waals surface area contributed by atoms with E-state index in [-0.39, 0.29) is 28.6 Å². The monoisotopic (exact) mass is 638 g/mol. The number of rotatable bonds is 8. The van der Waals surface area contributed by atoms with Crippen LogP contribution >= 0.6 is 11.3 Å². The summed E-state index contributed by atoms with van der Waals surface area (Å²) in [6.45, 7) is 7.40. The number of fused-ring (bicyclic) bond motifs is 3. The van der Waals surface area contributed by atoms with Crippen molar-refractivity contribution in [3.63, 3.8) is 0 Å². The molecule has 2 aliphatic rings. The number of nitrogens with zero attached hydrogens (tertiary/aromatic N) is 1. The number of nitrogens with two attached hydrogens (primary N) is 1. The number of amides is 2. The average Bonchev–Trinajstić information content (AvgIpc) is 3.44. The molecule has 0 radical (unpaired) electrons. The lowest BCUT2D eigenvalue weighted by Gasteiger charge is -2.38. The van der Waals surface area contributed by atoms with Gasteiger partial charge in [0.15, 0.2) is 5.69 Å². The van der Waals surface area contributed by atoms with Gasteiger partial charge in [0.25, 0.3) is 11.8 Å². The van der Waals surface area contributed by atoms with E-state index in [1.165, 1.54) is 7.11 Å². The summed E-state index contributed by atoms with van der Waals surface area (Å²) in [6, 6.07) is 12.8. The molecule has 1 aliphatic carbocycles. The molecule has 4 N–H and O–H groups in total. The summed E-state index contributed by atoms with van der Waals surface area (Å²) in [6.07, 6.45) is 4.00. The Bertz CT molecular complexity index is 1840. The van der Waals surface area contributed by atoms with E-state index in [0.717, 1.165) is 58.4 Å². The van der Waals surface area contributed by atoms with E-state index in [0.29, 0.717) is 47.8 Å². The third kappa shape index (κ3) is 6.02. The van der Waals surface area contributed by atoms with Crippen LogP contribution in [0.5, 0.6) is 5.75 Å². The van der Waals surface area contributed by atoms with Gasteiger partial charge in [-0.1, -0.05) is 25.5 Å². The number of ether oxygens (including phenoxy) is 2. The SMILES string of the molecule is COC(=O)c1nc(C(=O)NCC2(C)CCC2)ccc1-c1cc2c(cc1C(=O)Nc1c(C)cc(CN)cc1C)-c1sccc1CCO2. The molecular formula is C36H38N4O5S. The van der Waals surface area contributed by atoms with Crippen LogP contribution in [0.2, 0.25) is 0 Å². The van der Waals surface area contributed by atoms with E-state index in [1.54, 1.807) is 29.5 Å². The third-order valence-corrected chi connectivity index (χ3v) is 10.1. The maximum Gasteiger partial charge on any atom is 0.357 e. The third-order valence-electron chi connectivity index (χ3n) is 9.08. The molecule has 10 heteroatoms. The molecule has 0 unspecified atom stereocenters. The zero-order valence-electron chi connectivity index (χ0n) is 26.5. The Morgan fingerprint density at radius 3 is 2.46 bits per heavy atom. The van der Waals surface area contributed by atoms with E-state index in [2.05, 4.69) is 28.6 Å². The lowest BCUT2D eigenvalue weighted by Crippen LogP contribution is -2.40. The molecule has 0 saturated heterocycles. The van der Waals surface area contributed by atoms with Crippen molar-refractivity contribution in [1.29, 1.82) is 0 Å². The van der Waals surface area contributed by atoms with Gasteiger partial charge < -0.3 is 25.8 Å². The molecule has 0 atom stereocenters. The molecule has 2 amide bonds. The molecule has 4 aromatic rings. The van der Waals surface area contributed by atoms with Gasteiger partial charge in [-0.05, 0) is 90.1 Å². The highest BCUT2D eigenvalue weighted by molar-refractivity contribution is 7.13. The number of anilines is 1. The highest BCUT2D eigenvalue weighted by atomic mass is 32.1. The maximum absolute atomic E-state index is 14.3. The topological polar surface area (TPSA) is 133 Å². The van der Waals surface area contributed by atoms with Gasteiger partial charge in [-0.3, -0.25) is 9.59 Å². The summed E-state index contributed by atoms with van der Waals surface area (Å²) in [5.41, 5.74) is 12.5. The smallest absolute Gasteiger partial charge is 0.357 e. The normalized spacial score (nSPS) is 14.5. The van der Waals surface area contributed by atoms with Crippen LogP contribution in [0.3, 0.4) is 0 Å². The molecule has 9 nitrogen and oxygen atoms in total. The molecule has 2 aromatic heterocycles. The van der Waals surface area contributed by atoms with Crippen LogP contribution in [-0.2, 0) is 17.7 Å². The first-order valence-corrected chi connectivity index (χ1v) is 16.4. The number of carbonyl (C=O) groups is 3. The Labute approximate surface area is 272 Å². The van der Waals surface area contributed by atoms with Crippen molar-refractivity contribution in [2.45, 2.75) is 53.0 Å². The highest BCUT2D eigenvalue weighted by Crippen LogP contribution is 2.44. The second-order valence-corrected chi connectivity index (χ2v) is 13.4. The fraction of sp³-hybridized carbons (Fsp3) is 0.333. The predicted octanol–water partition coefficient (Wildman–Crippen LogP) is 6.45. The fourth-order valence-corrected chi connectivity index (χ4v) is 7.25. The number of thiophene rings is 1. The molecule has 0 spiro atoms. The summed E-state index contributed by atoms with van der Waals surface area (Å²) < 4.78 is 11.3. The van der Waals surface area contributed by atoms with Gasteiger partial charge in [-0.15, -0.1) is 11.3 Å². The van der Waals surface area contributed by atoms with Gasteiger partial charge in [0.2, 0.25) is 0 Å². The Balaban J connectivity index is 1.46. The minimum absolute atomic E-state index is 0.0656. The molecule has 1 saturated carbocycles. The second kappa shape index (κ2) is 12.7. The molecule has 2 aromatic carbocycles. The van der Waals surface area contributed by atoms with Gasteiger partial charge >= 0.3 is 5.97 Å². The van der Waals surface area contributed by atoms with Crippen molar-refractivity contribution in [2.75, 3.05) is 25.6 Å². The van der Waals surface area contributed by atoms with Gasteiger partial charge in [0.05, 0.1) is 13.7 Å². The molecule has 238 valence electrons. The minimum Gasteiger partial charge on any atom is -0.493 e. The van der Waals surface area contributed by atoms with E-state index in [9.17, 15) is 14.4 Å². The number of esters is 1. The molecule has 3 heterocycles. The number of benzene rings is 2. The van der Waals surface area contributed by atoms with E-state index < -0.39 is 5.97 Å². The molecule has 0 bridgehead atoms. The van der Waals surface area contributed by atoms with Crippen LogP contribution in [-0.4, -0.2) is 43.0 Å². The summed E-state index contributed by atoms with van der Waals surface area (Å²) in [5, 5.41) is 8.12. The lowest BCUT2D eigenvalue weighted by atomic mass is 9.70. The van der Waals surface area contributed by atoms with Gasteiger partial charge in [-0.2, -0.15) is 0 Å². The van der Waals surface area contributed by atoms with Crippen molar-refractivity contribution in [1.82, 2.24) is 10.3 Å². The Morgan fingerprint density at radius 2 is 1.78 bits per heavy atom. The first-order valence-electron chi connectivity index (χ1n) is 15.5. The molecule has 1 aliphatic heterocycles. The first kappa shape index (κ1) is 31.4. The van der Waals surface area contributed by atoms with E-state index >= 15 is 0 Å². The van der Waals surface area contributed by atoms with Crippen LogP contribution in [0.15, 0.2) is 47.8 Å². The largest absolute Gasteiger partial charge is 0.493 e. The first-order chi connectivity index (χ1) is 22.1. The fourth-order valence-electron chi connectivity index (χ4n) is 6.27. The number of pyridine rings is 1. The van der Waals surface area contributed by atoms with Crippen LogP contribution in [0.25, 0.3) is 21.6 Å². The molecule has 46 heavy (non-hydrogen) atoms. The Hall–Kier alpha value is -4.54. The zero-order valence-corrected chi connectivity index (χ0v) is 27.4. The van der Waals surface area contributed by atoms with Gasteiger partial charge in [0, 0.05) is 52.3 Å². The summed E-state index contributed by atoms with van der Waals surface area (Å²) in [5.74, 6) is -0.857. The Morgan fingerprint density at radius 1 is 1.02 bits per heavy atom. The lowest BCUT2D eigenvalue weighted by molar-refractivity contribution is 0.0594. The predicted molar refractivity (Wildman–Crippen MR) is 180 cm³/mol. The van der Waals surface area contributed by atoms with Crippen LogP contribution in [0, 0.1) is 19.3 Å². The maximum atomic E-state index is 14.3. The quantitative estimate of drug-likeness (QED) is 0.189. The van der Waals surface area contributed by atoms with E-state index in [4.69, 9.17) is 15.2 Å². The van der Waals surface area contributed by atoms with Crippen LogP contribution < -0.4 is 21.1 Å². The standard InChI is InChI=1S/C36H38N4O5S/c1-20-14-22(18-37)15-21(2)30(20)40-33(41)26-16-27-29(45-12-8-23-9-13-46-32(23)27)17-25(26)24-6-7-28(39-31(24)35(43)44-4)34(42)38-19-36(3)10-5-11-36/h6-7,9,13-17H,5,8,10-12,18-19,37H2,1-4H3,(H,38,42)(H,40,41). The highest BCUT2D eigenvalue weighted by Gasteiger charge is 2.32. The van der Waals surface area contributed by atoms with Crippen LogP contribution in [0.4, 0.5) is 5.69 Å². The van der Waals surface area contributed by atoms with Crippen molar-refractivity contribution in [3.05, 3.63) is 87.0 Å². The van der Waals surface area contributed by atoms with Crippen molar-refractivity contribution in [3.8, 4) is 27.3 Å². The average molecular weight is 639 g/mol. The summed E-state index contributed by atoms with van der Waals surface area (Å²) in [7, 11) is 1.26. The molecule has 6 rings (SSSR count). The number of carbonyl (C=O) groups excluding carboxylic acids is 3. The minimum atomic E-state index is -0.720. The summed E-state index contributed by atoms with van der Waals surface area (Å²) >= 11 is 1.59. The second-order valence-electron chi connectivity index (χ2n) is 12.5. The number of aromatic nitrogens is 1. The van der Waals surface area contributed by atoms with Gasteiger partial charge in [-0.25, -0.2) is 9.78 Å². The van der Waals surface area contributed by atoms with Crippen molar-refractivity contribution in [2.24, 2.45) is 11.1 Å². The van der Waals surface area contributed by atoms with Gasteiger partial charge in [0.1, 0.15) is 11.4 Å². The number of methoxy groups -OCH3 is 1. The number of hydrogen-bond donors (Lipinski definition) is 3. The molecule has 1 fully saturated rings. The summed E-state index contributed by atoms with van der Waals surface area (Å²) in [4.78, 5) is 46.1. The van der Waals surface area contributed by atoms with Crippen molar-refractivity contribution < 1.29 is 23.9 Å². The number of nitrogens with one attached hydrogen (secondary N) is 2. The zero-order chi connectivity index (χ0) is 32.6. The number of hydrogen-bond acceptors (Lipinski definition) is 8. The molecular weight excluding hydrogens is 600 g/mol. The van der Waals surface area contributed by atoms with Crippen LogP contribution in [0.1, 0.15) is 79.8 Å². The number of aryl methyl sites for hydroxylation is 2.